The minimum absolute atomic E-state index is 0.423. The van der Waals surface area contributed by atoms with Crippen molar-refractivity contribution in [2.45, 2.75) is 64.7 Å². The summed E-state index contributed by atoms with van der Waals surface area (Å²) in [6.45, 7) is 11.5. The first-order valence-corrected chi connectivity index (χ1v) is 26.5. The molecule has 0 spiro atoms. The van der Waals surface area contributed by atoms with Gasteiger partial charge in [-0.2, -0.15) is 0 Å². The smallest absolute Gasteiger partial charge is 0.0713 e. The van der Waals surface area contributed by atoms with Crippen LogP contribution in [0.15, 0.2) is 212 Å². The molecule has 0 radical (unpaired) electrons. The molecule has 11 aromatic rings. The molecule has 0 N–H and O–H groups in total. The highest BCUT2D eigenvalue weighted by Crippen LogP contribution is 2.61. The monoisotopic (exact) mass is 934 g/mol. The quantitative estimate of drug-likeness (QED) is 0.140. The molecule has 3 aliphatic rings. The summed E-state index contributed by atoms with van der Waals surface area (Å²) >= 11 is 0. The molecule has 0 heterocycles. The summed E-state index contributed by atoms with van der Waals surface area (Å²) in [7, 11) is 0. The van der Waals surface area contributed by atoms with E-state index >= 15 is 0 Å². The van der Waals surface area contributed by atoms with Crippen LogP contribution in [0.3, 0.4) is 0 Å². The van der Waals surface area contributed by atoms with E-state index in [1.807, 2.05) is 0 Å². The summed E-state index contributed by atoms with van der Waals surface area (Å²) in [4.78, 5) is 0. The van der Waals surface area contributed by atoms with Gasteiger partial charge in [0.15, 0.2) is 0 Å². The lowest BCUT2D eigenvalue weighted by molar-refractivity contribution is 0.588. The topological polar surface area (TPSA) is 0 Å². The zero-order chi connectivity index (χ0) is 49.2. The van der Waals surface area contributed by atoms with Gasteiger partial charge in [-0.15, -0.1) is 0 Å². The van der Waals surface area contributed by atoms with Gasteiger partial charge in [-0.3, -0.25) is 0 Å². The Morgan fingerprint density at radius 1 is 0.452 bits per heavy atom. The van der Waals surface area contributed by atoms with E-state index in [1.165, 1.54) is 150 Å². The molecule has 0 amide bonds. The molecular weight excluding hydrogens is 877 g/mol. The molecule has 3 aliphatic carbocycles. The highest BCUT2D eigenvalue weighted by atomic mass is 14.5. The van der Waals surface area contributed by atoms with Crippen molar-refractivity contribution in [3.05, 3.63) is 279 Å². The van der Waals surface area contributed by atoms with E-state index in [1.54, 1.807) is 0 Å². The maximum atomic E-state index is 2.58. The Kier molecular flexibility index (Phi) is 9.87. The predicted octanol–water partition coefficient (Wildman–Crippen LogP) is 18.9. The van der Waals surface area contributed by atoms with Gasteiger partial charge in [0.2, 0.25) is 0 Å². The zero-order valence-corrected chi connectivity index (χ0v) is 42.5. The summed E-state index contributed by atoms with van der Waals surface area (Å²) in [5, 5.41) is 7.83. The first-order chi connectivity index (χ1) is 35.7. The average molecular weight is 935 g/mol. The summed E-state index contributed by atoms with van der Waals surface area (Å²) < 4.78 is 0. The largest absolute Gasteiger partial charge is 0.0805 e. The molecule has 0 heteroatoms. The first-order valence-electron chi connectivity index (χ1n) is 26.5. The van der Waals surface area contributed by atoms with E-state index in [-0.39, 0.29) is 0 Å². The normalized spacial score (nSPS) is 16.9. The third-order valence-corrected chi connectivity index (χ3v) is 17.5. The SMILES string of the molecule is CCC1C=Cc2cc(-c3ccc4c(c3)C(C)(Cc3cc(-c5ccc6cc(C)ccc6c5)cc5c3-c3ccccc3C5(c3ccc(C)cc3)c3ccc(C)cc3)c3c-4c4ccccc4c4ccccc34)ccc2C1. The molecular formula is C73H58. The number of aryl methyl sites for hydroxylation is 3. The van der Waals surface area contributed by atoms with Crippen molar-refractivity contribution in [3.8, 4) is 44.5 Å². The van der Waals surface area contributed by atoms with E-state index in [2.05, 4.69) is 253 Å². The summed E-state index contributed by atoms with van der Waals surface area (Å²) in [5.74, 6) is 0.610. The lowest BCUT2D eigenvalue weighted by atomic mass is 9.66. The van der Waals surface area contributed by atoms with Crippen LogP contribution in [-0.2, 0) is 23.7 Å². The zero-order valence-electron chi connectivity index (χ0n) is 42.5. The van der Waals surface area contributed by atoms with E-state index in [4.69, 9.17) is 0 Å². The van der Waals surface area contributed by atoms with Gasteiger partial charge in [-0.25, -0.2) is 0 Å². The third kappa shape index (κ3) is 6.59. The second-order valence-electron chi connectivity index (χ2n) is 21.9. The van der Waals surface area contributed by atoms with Crippen LogP contribution in [0.4, 0.5) is 0 Å². The molecule has 350 valence electrons. The van der Waals surface area contributed by atoms with Crippen LogP contribution < -0.4 is 0 Å². The van der Waals surface area contributed by atoms with Crippen LogP contribution >= 0.6 is 0 Å². The summed E-state index contributed by atoms with van der Waals surface area (Å²) in [6, 6.07) is 80.3. The number of benzene rings is 11. The molecule has 73 heavy (non-hydrogen) atoms. The van der Waals surface area contributed by atoms with E-state index in [0.717, 1.165) is 12.8 Å². The number of rotatable bonds is 7. The Bertz CT molecular complexity index is 4060. The van der Waals surface area contributed by atoms with Gasteiger partial charge in [0.05, 0.1) is 5.41 Å². The fourth-order valence-electron chi connectivity index (χ4n) is 13.8. The fourth-order valence-corrected chi connectivity index (χ4v) is 13.8. The minimum Gasteiger partial charge on any atom is -0.0805 e. The van der Waals surface area contributed by atoms with Crippen LogP contribution in [0.5, 0.6) is 0 Å². The van der Waals surface area contributed by atoms with Crippen LogP contribution in [0.1, 0.15) is 87.0 Å². The molecule has 0 aliphatic heterocycles. The standard InChI is InChI=1S/C73H58/c1-6-48-24-26-52-39-53(29-28-50(52)38-48)55-31-36-65-67(42-55)72(5,71-63-16-10-8-14-61(63)60-13-7-9-15-62(60)70(65)71)44-57-41-56(54-30-27-49-37-47(4)19-25-51(49)40-54)43-68-69(57)64-17-11-12-18-66(64)73(68,58-32-20-45(2)21-33-58)59-34-22-46(3)23-35-59/h7-37,39-43,48H,6,38,44H2,1-5H3. The molecule has 0 saturated carbocycles. The van der Waals surface area contributed by atoms with Crippen molar-refractivity contribution in [2.24, 2.45) is 5.92 Å². The minimum atomic E-state index is -0.563. The van der Waals surface area contributed by atoms with E-state index in [0.29, 0.717) is 5.92 Å². The molecule has 0 aromatic heterocycles. The van der Waals surface area contributed by atoms with Crippen molar-refractivity contribution >= 4 is 38.4 Å². The summed E-state index contributed by atoms with van der Waals surface area (Å²) in [6.07, 6.45) is 7.88. The predicted molar refractivity (Wildman–Crippen MR) is 310 cm³/mol. The Morgan fingerprint density at radius 3 is 1.78 bits per heavy atom. The third-order valence-electron chi connectivity index (χ3n) is 17.5. The molecule has 11 aromatic carbocycles. The second-order valence-corrected chi connectivity index (χ2v) is 21.9. The fraction of sp³-hybridized carbons (Fsp3) is 0.151. The van der Waals surface area contributed by atoms with Gasteiger partial charge in [0, 0.05) is 5.41 Å². The lowest BCUT2D eigenvalue weighted by Gasteiger charge is -2.35. The van der Waals surface area contributed by atoms with Crippen LogP contribution in [0.25, 0.3) is 82.9 Å². The molecule has 2 unspecified atom stereocenters. The molecule has 0 nitrogen and oxygen atoms in total. The Labute approximate surface area is 430 Å². The number of hydrogen-bond acceptors (Lipinski definition) is 0. The van der Waals surface area contributed by atoms with Gasteiger partial charge in [0.1, 0.15) is 0 Å². The van der Waals surface area contributed by atoms with Gasteiger partial charge in [-0.05, 0) is 197 Å². The van der Waals surface area contributed by atoms with E-state index in [9.17, 15) is 0 Å². The van der Waals surface area contributed by atoms with Crippen molar-refractivity contribution in [2.75, 3.05) is 0 Å². The maximum Gasteiger partial charge on any atom is 0.0713 e. The number of fused-ring (bicyclic) bond motifs is 13. The number of hydrogen-bond donors (Lipinski definition) is 0. The maximum absolute atomic E-state index is 2.58. The van der Waals surface area contributed by atoms with Gasteiger partial charge in [0.25, 0.3) is 0 Å². The number of allylic oxidation sites excluding steroid dienone is 1. The van der Waals surface area contributed by atoms with Crippen LogP contribution in [-0.4, -0.2) is 0 Å². The van der Waals surface area contributed by atoms with Gasteiger partial charge < -0.3 is 0 Å². The second kappa shape index (κ2) is 16.5. The van der Waals surface area contributed by atoms with Crippen molar-refractivity contribution in [1.29, 1.82) is 0 Å². The lowest BCUT2D eigenvalue weighted by Crippen LogP contribution is -2.29. The molecule has 14 rings (SSSR count). The van der Waals surface area contributed by atoms with Crippen molar-refractivity contribution < 1.29 is 0 Å². The molecule has 2 atom stereocenters. The van der Waals surface area contributed by atoms with Crippen molar-refractivity contribution in [1.82, 2.24) is 0 Å². The Morgan fingerprint density at radius 2 is 1.03 bits per heavy atom. The summed E-state index contributed by atoms with van der Waals surface area (Å²) in [5.41, 5.74) is 25.5. The highest BCUT2D eigenvalue weighted by Gasteiger charge is 2.49. The average Bonchev–Trinajstić information content (AvgIpc) is 3.87. The van der Waals surface area contributed by atoms with Crippen molar-refractivity contribution in [3.63, 3.8) is 0 Å². The Balaban J connectivity index is 1.07. The first kappa shape index (κ1) is 43.7. The van der Waals surface area contributed by atoms with Crippen LogP contribution in [0, 0.1) is 26.7 Å². The van der Waals surface area contributed by atoms with Gasteiger partial charge >= 0.3 is 0 Å². The van der Waals surface area contributed by atoms with E-state index < -0.39 is 10.8 Å². The highest BCUT2D eigenvalue weighted by molar-refractivity contribution is 6.18. The van der Waals surface area contributed by atoms with Crippen LogP contribution in [0.2, 0.25) is 0 Å². The molecule has 0 bridgehead atoms. The molecule has 0 saturated heterocycles. The van der Waals surface area contributed by atoms with Gasteiger partial charge in [-0.1, -0.05) is 225 Å². The Hall–Kier alpha value is -8.06. The molecule has 0 fully saturated rings.